The predicted molar refractivity (Wildman–Crippen MR) is 127 cm³/mol. The molecule has 1 fully saturated rings. The minimum atomic E-state index is -0.950. The highest BCUT2D eigenvalue weighted by Crippen LogP contribution is 2.36. The molecule has 0 aliphatic heterocycles. The van der Waals surface area contributed by atoms with E-state index in [1.807, 2.05) is 29.7 Å². The Balaban J connectivity index is 1.39. The number of rotatable bonds is 8. The molecule has 2 aromatic carbocycles. The second-order valence-electron chi connectivity index (χ2n) is 8.91. The lowest BCUT2D eigenvalue weighted by molar-refractivity contribution is 0.0698. The molecule has 0 spiro atoms. The minimum Gasteiger partial charge on any atom is -0.478 e. The molecular weight excluding hydrogens is 432 g/mol. The van der Waals surface area contributed by atoms with Crippen molar-refractivity contribution in [2.24, 2.45) is 11.8 Å². The van der Waals surface area contributed by atoms with Gasteiger partial charge in [-0.15, -0.1) is 10.2 Å². The van der Waals surface area contributed by atoms with Crippen molar-refractivity contribution in [2.75, 3.05) is 6.61 Å². The molecule has 176 valence electrons. The van der Waals surface area contributed by atoms with E-state index < -0.39 is 5.97 Å². The van der Waals surface area contributed by atoms with Gasteiger partial charge in [0.1, 0.15) is 0 Å². The summed E-state index contributed by atoms with van der Waals surface area (Å²) in [6, 6.07) is 13.9. The number of carboxylic acid groups (broad SMARTS) is 1. The molecule has 1 aliphatic carbocycles. The summed E-state index contributed by atoms with van der Waals surface area (Å²) >= 11 is 0. The molecule has 5 rings (SSSR count). The van der Waals surface area contributed by atoms with Crippen molar-refractivity contribution in [3.8, 4) is 17.4 Å². The first-order valence-corrected chi connectivity index (χ1v) is 11.8. The number of hydrogen-bond donors (Lipinski definition) is 2. The Kier molecular flexibility index (Phi) is 6.24. The average molecular weight is 461 g/mol. The summed E-state index contributed by atoms with van der Waals surface area (Å²) in [6.07, 6.45) is 5.41. The van der Waals surface area contributed by atoms with Crippen LogP contribution in [0, 0.1) is 11.8 Å². The maximum atomic E-state index is 11.9. The van der Waals surface area contributed by atoms with E-state index in [0.29, 0.717) is 47.9 Å². The number of ether oxygens (including phenoxy) is 1. The largest absolute Gasteiger partial charge is 0.478 e. The molecule has 2 heterocycles. The molecule has 0 radical (unpaired) electrons. The first-order valence-electron chi connectivity index (χ1n) is 11.8. The van der Waals surface area contributed by atoms with Crippen LogP contribution in [0.4, 0.5) is 0 Å². The van der Waals surface area contributed by atoms with E-state index in [1.165, 1.54) is 12.0 Å². The van der Waals surface area contributed by atoms with E-state index in [1.54, 1.807) is 12.1 Å². The number of benzene rings is 2. The summed E-state index contributed by atoms with van der Waals surface area (Å²) in [4.78, 5) is 16.5. The standard InChI is InChI=1S/C25H28N6O3/c1-2-34-25-26-21-12-6-11-20(24(32)33)22(21)31(25)15-17-8-5-7-16(13-17)14-18-9-3-4-10-19(18)23-27-29-30-28-23/h3-4,6,9-12,16-17H,2,5,7-8,13-15H2,1H3,(H,32,33)(H,27,28,29,30). The van der Waals surface area contributed by atoms with Gasteiger partial charge in [0, 0.05) is 12.1 Å². The Morgan fingerprint density at radius 1 is 1.18 bits per heavy atom. The summed E-state index contributed by atoms with van der Waals surface area (Å²) in [7, 11) is 0. The first kappa shape index (κ1) is 22.1. The summed E-state index contributed by atoms with van der Waals surface area (Å²) < 4.78 is 7.79. The van der Waals surface area contributed by atoms with Crippen molar-refractivity contribution >= 4 is 17.0 Å². The molecule has 0 saturated heterocycles. The van der Waals surface area contributed by atoms with Crippen LogP contribution in [0.15, 0.2) is 42.5 Å². The number of nitrogens with zero attached hydrogens (tertiary/aromatic N) is 5. The molecule has 2 atom stereocenters. The SMILES string of the molecule is CCOc1nc2cccc(C(=O)O)c2n1CC1CCCC(Cc2ccccc2-c2nn[nH]n2)C1. The highest BCUT2D eigenvalue weighted by Gasteiger charge is 2.27. The Labute approximate surface area is 197 Å². The fourth-order valence-electron chi connectivity index (χ4n) is 5.26. The van der Waals surface area contributed by atoms with E-state index in [2.05, 4.69) is 37.7 Å². The third-order valence-corrected chi connectivity index (χ3v) is 6.68. The normalized spacial score (nSPS) is 18.3. The van der Waals surface area contributed by atoms with Crippen molar-refractivity contribution in [1.82, 2.24) is 30.2 Å². The summed E-state index contributed by atoms with van der Waals surface area (Å²) in [5, 5.41) is 24.3. The lowest BCUT2D eigenvalue weighted by atomic mass is 9.78. The highest BCUT2D eigenvalue weighted by atomic mass is 16.5. The molecule has 9 nitrogen and oxygen atoms in total. The van der Waals surface area contributed by atoms with Gasteiger partial charge >= 0.3 is 5.97 Å². The van der Waals surface area contributed by atoms with Gasteiger partial charge in [0.05, 0.1) is 23.2 Å². The Bertz CT molecular complexity index is 1280. The van der Waals surface area contributed by atoms with Crippen molar-refractivity contribution in [3.63, 3.8) is 0 Å². The quantitative estimate of drug-likeness (QED) is 0.401. The fraction of sp³-hybridized carbons (Fsp3) is 0.400. The average Bonchev–Trinajstić information content (AvgIpc) is 3.49. The molecule has 0 bridgehead atoms. The lowest BCUT2D eigenvalue weighted by Gasteiger charge is -2.30. The molecule has 1 saturated carbocycles. The van der Waals surface area contributed by atoms with Crippen LogP contribution in [0.1, 0.15) is 48.5 Å². The minimum absolute atomic E-state index is 0.261. The third kappa shape index (κ3) is 4.37. The number of fused-ring (bicyclic) bond motifs is 1. The van der Waals surface area contributed by atoms with Crippen LogP contribution in [-0.4, -0.2) is 47.9 Å². The Morgan fingerprint density at radius 3 is 2.82 bits per heavy atom. The number of imidazole rings is 1. The van der Waals surface area contributed by atoms with E-state index in [0.717, 1.165) is 31.2 Å². The molecule has 2 aromatic heterocycles. The second kappa shape index (κ2) is 9.62. The first-order chi connectivity index (χ1) is 16.6. The molecule has 9 heteroatoms. The Hall–Kier alpha value is -3.75. The molecule has 1 aliphatic rings. The van der Waals surface area contributed by atoms with Gasteiger partial charge in [-0.05, 0) is 60.9 Å². The monoisotopic (exact) mass is 460 g/mol. The predicted octanol–water partition coefficient (Wildman–Crippen LogP) is 4.36. The molecule has 2 N–H and O–H groups in total. The summed E-state index contributed by atoms with van der Waals surface area (Å²) in [6.45, 7) is 3.09. The zero-order valence-electron chi connectivity index (χ0n) is 19.1. The second-order valence-corrected chi connectivity index (χ2v) is 8.91. The summed E-state index contributed by atoms with van der Waals surface area (Å²) in [5.74, 6) is 0.607. The van der Waals surface area contributed by atoms with Gasteiger partial charge in [-0.3, -0.25) is 4.57 Å². The lowest BCUT2D eigenvalue weighted by Crippen LogP contribution is -2.22. The number of hydrogen-bond acceptors (Lipinski definition) is 6. The van der Waals surface area contributed by atoms with Crippen LogP contribution in [-0.2, 0) is 13.0 Å². The van der Waals surface area contributed by atoms with Gasteiger partial charge in [-0.25, -0.2) is 4.79 Å². The van der Waals surface area contributed by atoms with E-state index in [-0.39, 0.29) is 5.56 Å². The number of tetrazole rings is 1. The molecular formula is C25H28N6O3. The topological polar surface area (TPSA) is 119 Å². The number of H-pyrrole nitrogens is 1. The number of carboxylic acids is 1. The number of aromatic amines is 1. The zero-order chi connectivity index (χ0) is 23.5. The van der Waals surface area contributed by atoms with Crippen molar-refractivity contribution in [2.45, 2.75) is 45.6 Å². The van der Waals surface area contributed by atoms with Crippen LogP contribution in [0.3, 0.4) is 0 Å². The number of aromatic carboxylic acids is 1. The summed E-state index contributed by atoms with van der Waals surface area (Å²) in [5.41, 5.74) is 3.81. The van der Waals surface area contributed by atoms with Crippen LogP contribution in [0.2, 0.25) is 0 Å². The van der Waals surface area contributed by atoms with Gasteiger partial charge in [0.2, 0.25) is 5.82 Å². The highest BCUT2D eigenvalue weighted by molar-refractivity contribution is 6.01. The van der Waals surface area contributed by atoms with Gasteiger partial charge in [-0.2, -0.15) is 10.2 Å². The van der Waals surface area contributed by atoms with E-state index in [9.17, 15) is 9.90 Å². The van der Waals surface area contributed by atoms with Crippen molar-refractivity contribution < 1.29 is 14.6 Å². The molecule has 4 aromatic rings. The van der Waals surface area contributed by atoms with Gasteiger partial charge < -0.3 is 9.84 Å². The van der Waals surface area contributed by atoms with Gasteiger partial charge in [-0.1, -0.05) is 43.2 Å². The number of nitrogens with one attached hydrogen (secondary N) is 1. The van der Waals surface area contributed by atoms with Crippen molar-refractivity contribution in [3.05, 3.63) is 53.6 Å². The number of aromatic nitrogens is 6. The molecule has 0 amide bonds. The van der Waals surface area contributed by atoms with Crippen LogP contribution in [0.5, 0.6) is 6.01 Å². The zero-order valence-corrected chi connectivity index (χ0v) is 19.1. The van der Waals surface area contributed by atoms with E-state index >= 15 is 0 Å². The third-order valence-electron chi connectivity index (χ3n) is 6.68. The van der Waals surface area contributed by atoms with Crippen LogP contribution >= 0.6 is 0 Å². The van der Waals surface area contributed by atoms with E-state index in [4.69, 9.17) is 4.74 Å². The maximum absolute atomic E-state index is 11.9. The van der Waals surface area contributed by atoms with Gasteiger partial charge in [0.15, 0.2) is 0 Å². The van der Waals surface area contributed by atoms with Crippen LogP contribution in [0.25, 0.3) is 22.4 Å². The smallest absolute Gasteiger partial charge is 0.337 e. The van der Waals surface area contributed by atoms with Gasteiger partial charge in [0.25, 0.3) is 6.01 Å². The number of carbonyl (C=O) groups is 1. The molecule has 2 unspecified atom stereocenters. The van der Waals surface area contributed by atoms with Crippen molar-refractivity contribution in [1.29, 1.82) is 0 Å². The fourth-order valence-corrected chi connectivity index (χ4v) is 5.26. The Morgan fingerprint density at radius 2 is 2.03 bits per heavy atom. The number of para-hydroxylation sites is 1. The van der Waals surface area contributed by atoms with Crippen LogP contribution < -0.4 is 4.74 Å². The molecule has 34 heavy (non-hydrogen) atoms. The maximum Gasteiger partial charge on any atom is 0.337 e.